The molecule has 2 aliphatic rings. The van der Waals surface area contributed by atoms with Gasteiger partial charge in [0.25, 0.3) is 11.5 Å². The molecule has 2 amide bonds. The lowest BCUT2D eigenvalue weighted by Gasteiger charge is -2.32. The molecule has 2 N–H and O–H groups in total. The molecule has 11 nitrogen and oxygen atoms in total. The van der Waals surface area contributed by atoms with Crippen molar-refractivity contribution in [3.8, 4) is 5.75 Å². The van der Waals surface area contributed by atoms with Gasteiger partial charge >= 0.3 is 6.09 Å². The van der Waals surface area contributed by atoms with Crippen LogP contribution in [0.5, 0.6) is 5.75 Å². The van der Waals surface area contributed by atoms with E-state index in [1.165, 1.54) is 12.1 Å². The Balaban J connectivity index is 1.63. The number of hydrogen-bond acceptors (Lipinski definition) is 7. The predicted octanol–water partition coefficient (Wildman–Crippen LogP) is 1.37. The summed E-state index contributed by atoms with van der Waals surface area (Å²) in [6.07, 6.45) is -0.269. The number of nitrogens with one attached hydrogen (secondary N) is 1. The van der Waals surface area contributed by atoms with E-state index in [1.807, 2.05) is 0 Å². The molecule has 2 aromatic rings. The van der Waals surface area contributed by atoms with E-state index in [0.29, 0.717) is 26.3 Å². The molecule has 13 heteroatoms. The van der Waals surface area contributed by atoms with E-state index < -0.39 is 36.6 Å². The molecule has 2 fully saturated rings. The number of carboxylic acid groups (broad SMARTS) is 1. The number of halogens is 2. The number of aromatic nitrogens is 2. The number of ether oxygens (including phenoxy) is 1. The van der Waals surface area contributed by atoms with Crippen LogP contribution in [0.3, 0.4) is 0 Å². The molecule has 2 saturated heterocycles. The normalized spacial score (nSPS) is 18.8. The molecular formula is C20H23F2N5O6. The molecule has 2 aliphatic heterocycles. The summed E-state index contributed by atoms with van der Waals surface area (Å²) in [7, 11) is 0. The van der Waals surface area contributed by atoms with Crippen molar-refractivity contribution in [2.75, 3.05) is 44.7 Å². The first kappa shape index (κ1) is 22.9. The van der Waals surface area contributed by atoms with Crippen molar-refractivity contribution in [3.63, 3.8) is 0 Å². The van der Waals surface area contributed by atoms with Crippen LogP contribution in [0, 0.1) is 0 Å². The number of hydrogen-bond donors (Lipinski definition) is 2. The summed E-state index contributed by atoms with van der Waals surface area (Å²) in [4.78, 5) is 47.7. The molecule has 0 spiro atoms. The number of rotatable bonds is 5. The van der Waals surface area contributed by atoms with Crippen LogP contribution in [0.25, 0.3) is 10.9 Å². The number of carbonyl (C=O) groups excluding carboxylic acids is 1. The van der Waals surface area contributed by atoms with Gasteiger partial charge in [0.15, 0.2) is 5.75 Å². The lowest BCUT2D eigenvalue weighted by Crippen LogP contribution is -2.47. The first-order valence-electron chi connectivity index (χ1n) is 10.4. The minimum absolute atomic E-state index is 0.0884. The van der Waals surface area contributed by atoms with E-state index in [1.54, 1.807) is 5.06 Å². The van der Waals surface area contributed by atoms with E-state index in [2.05, 4.69) is 10.3 Å². The van der Waals surface area contributed by atoms with Crippen LogP contribution in [0.1, 0.15) is 12.8 Å². The van der Waals surface area contributed by atoms with Crippen molar-refractivity contribution < 1.29 is 33.1 Å². The van der Waals surface area contributed by atoms with Crippen molar-refractivity contribution in [3.05, 3.63) is 28.8 Å². The second-order valence-corrected chi connectivity index (χ2v) is 7.88. The van der Waals surface area contributed by atoms with Gasteiger partial charge in [-0.3, -0.25) is 19.5 Å². The third kappa shape index (κ3) is 5.37. The summed E-state index contributed by atoms with van der Waals surface area (Å²) < 4.78 is 33.6. The Kier molecular flexibility index (Phi) is 6.42. The van der Waals surface area contributed by atoms with Crippen LogP contribution in [0.2, 0.25) is 0 Å². The molecule has 1 aromatic heterocycles. The number of amides is 2. The fourth-order valence-electron chi connectivity index (χ4n) is 3.79. The number of morpholine rings is 1. The number of hydroxylamine groups is 2. The maximum atomic E-state index is 13.7. The number of alkyl halides is 2. The minimum Gasteiger partial charge on any atom is -0.465 e. The lowest BCUT2D eigenvalue weighted by atomic mass is 10.1. The van der Waals surface area contributed by atoms with Gasteiger partial charge in [0.2, 0.25) is 5.91 Å². The zero-order chi connectivity index (χ0) is 23.6. The van der Waals surface area contributed by atoms with Gasteiger partial charge in [-0.1, -0.05) is 0 Å². The maximum absolute atomic E-state index is 13.7. The van der Waals surface area contributed by atoms with Crippen LogP contribution in [-0.4, -0.2) is 81.9 Å². The van der Waals surface area contributed by atoms with E-state index in [0.717, 1.165) is 15.8 Å². The molecule has 0 radical (unpaired) electrons. The second kappa shape index (κ2) is 9.27. The van der Waals surface area contributed by atoms with Gasteiger partial charge in [0.1, 0.15) is 6.54 Å². The van der Waals surface area contributed by atoms with Crippen molar-refractivity contribution >= 4 is 28.6 Å². The summed E-state index contributed by atoms with van der Waals surface area (Å²) in [5, 5.41) is 13.0. The van der Waals surface area contributed by atoms with Gasteiger partial charge in [-0.05, 0) is 18.6 Å². The summed E-state index contributed by atoms with van der Waals surface area (Å²) in [5.41, 5.74) is -0.296. The molecular weight excluding hydrogens is 444 g/mol. The average molecular weight is 467 g/mol. The van der Waals surface area contributed by atoms with Gasteiger partial charge in [0.05, 0.1) is 55.8 Å². The van der Waals surface area contributed by atoms with Crippen molar-refractivity contribution in [2.45, 2.75) is 25.3 Å². The Bertz CT molecular complexity index is 1120. The van der Waals surface area contributed by atoms with E-state index in [9.17, 15) is 23.2 Å². The number of nitrogens with zero attached hydrogens (tertiary/aromatic N) is 4. The average Bonchev–Trinajstić information content (AvgIpc) is 2.76. The smallest absolute Gasteiger partial charge is 0.409 e. The quantitative estimate of drug-likeness (QED) is 0.675. The molecule has 4 rings (SSSR count). The largest absolute Gasteiger partial charge is 0.465 e. The third-order valence-electron chi connectivity index (χ3n) is 5.42. The van der Waals surface area contributed by atoms with Crippen molar-refractivity contribution in [2.24, 2.45) is 0 Å². The zero-order valence-electron chi connectivity index (χ0n) is 17.6. The Labute approximate surface area is 186 Å². The van der Waals surface area contributed by atoms with E-state index >= 15 is 0 Å². The molecule has 1 aromatic carbocycles. The van der Waals surface area contributed by atoms with Gasteiger partial charge in [-0.2, -0.15) is 0 Å². The highest BCUT2D eigenvalue weighted by molar-refractivity contribution is 5.91. The topological polar surface area (TPSA) is 126 Å². The van der Waals surface area contributed by atoms with Crippen LogP contribution < -0.4 is 15.7 Å². The predicted molar refractivity (Wildman–Crippen MR) is 111 cm³/mol. The zero-order valence-corrected chi connectivity index (χ0v) is 17.6. The van der Waals surface area contributed by atoms with Crippen LogP contribution in [-0.2, 0) is 16.1 Å². The molecule has 178 valence electrons. The maximum Gasteiger partial charge on any atom is 0.409 e. The van der Waals surface area contributed by atoms with Gasteiger partial charge in [-0.25, -0.2) is 18.6 Å². The Morgan fingerprint density at radius 2 is 2.00 bits per heavy atom. The molecule has 0 unspecified atom stereocenters. The highest BCUT2D eigenvalue weighted by Crippen LogP contribution is 2.30. The standard InChI is InChI=1S/C20H23F2N5O6/c21-20(22)2-1-3-25(11-20)17(28)10-26-12-23-14-9-15(24-19(30)31)16(8-13(14)18(26)29)33-27-4-6-32-7-5-27/h8-9,12,24H,1-7,10-11H2,(H,30,31). The fourth-order valence-corrected chi connectivity index (χ4v) is 3.79. The Hall–Kier alpha value is -3.32. The summed E-state index contributed by atoms with van der Waals surface area (Å²) in [6.45, 7) is 0.831. The third-order valence-corrected chi connectivity index (χ3v) is 5.42. The Morgan fingerprint density at radius 1 is 1.24 bits per heavy atom. The second-order valence-electron chi connectivity index (χ2n) is 7.88. The monoisotopic (exact) mass is 467 g/mol. The molecule has 33 heavy (non-hydrogen) atoms. The first-order chi connectivity index (χ1) is 15.7. The highest BCUT2D eigenvalue weighted by Gasteiger charge is 2.37. The van der Waals surface area contributed by atoms with Crippen LogP contribution in [0.15, 0.2) is 23.3 Å². The van der Waals surface area contributed by atoms with Gasteiger partial charge < -0.3 is 19.6 Å². The molecule has 0 saturated carbocycles. The van der Waals surface area contributed by atoms with Crippen molar-refractivity contribution in [1.29, 1.82) is 0 Å². The number of likely N-dealkylation sites (tertiary alicyclic amines) is 1. The fraction of sp³-hybridized carbons (Fsp3) is 0.500. The van der Waals surface area contributed by atoms with Crippen LogP contribution in [0.4, 0.5) is 19.3 Å². The Morgan fingerprint density at radius 3 is 2.70 bits per heavy atom. The van der Waals surface area contributed by atoms with E-state index in [-0.39, 0.29) is 41.7 Å². The molecule has 0 bridgehead atoms. The summed E-state index contributed by atoms with van der Waals surface area (Å²) in [5.74, 6) is -3.46. The molecule has 0 atom stereocenters. The van der Waals surface area contributed by atoms with Gasteiger partial charge in [0, 0.05) is 13.0 Å². The number of piperidine rings is 1. The minimum atomic E-state index is -2.94. The highest BCUT2D eigenvalue weighted by atomic mass is 19.3. The van der Waals surface area contributed by atoms with Gasteiger partial charge in [-0.15, -0.1) is 5.06 Å². The number of carbonyl (C=O) groups is 2. The van der Waals surface area contributed by atoms with Crippen LogP contribution >= 0.6 is 0 Å². The summed E-state index contributed by atoms with van der Waals surface area (Å²) >= 11 is 0. The number of benzene rings is 1. The number of anilines is 1. The summed E-state index contributed by atoms with van der Waals surface area (Å²) in [6, 6.07) is 2.71. The first-order valence-corrected chi connectivity index (χ1v) is 10.4. The van der Waals surface area contributed by atoms with Crippen molar-refractivity contribution in [1.82, 2.24) is 19.5 Å². The molecule has 0 aliphatic carbocycles. The SMILES string of the molecule is O=C(O)Nc1cc2ncn(CC(=O)N3CCCC(F)(F)C3)c(=O)c2cc1ON1CCOCC1. The lowest BCUT2D eigenvalue weighted by molar-refractivity contribution is -0.142. The number of fused-ring (bicyclic) bond motifs is 1. The molecule has 3 heterocycles. The van der Waals surface area contributed by atoms with E-state index in [4.69, 9.17) is 14.7 Å².